The molecular formula is C13H19BrClNO. The number of halogens is 2. The van der Waals surface area contributed by atoms with Gasteiger partial charge >= 0.3 is 0 Å². The SMILES string of the molecule is CCCC1CC1NCc1cccc(Br)c1O.Cl. The third-order valence-electron chi connectivity index (χ3n) is 3.21. The highest BCUT2D eigenvalue weighted by atomic mass is 79.9. The van der Waals surface area contributed by atoms with Crippen LogP contribution in [0, 0.1) is 5.92 Å². The molecule has 2 atom stereocenters. The molecule has 96 valence electrons. The fourth-order valence-electron chi connectivity index (χ4n) is 2.13. The molecule has 1 aliphatic carbocycles. The van der Waals surface area contributed by atoms with Gasteiger partial charge in [0.05, 0.1) is 4.47 Å². The average molecular weight is 321 g/mol. The third-order valence-corrected chi connectivity index (χ3v) is 3.85. The van der Waals surface area contributed by atoms with Gasteiger partial charge in [0.25, 0.3) is 0 Å². The Labute approximate surface area is 117 Å². The van der Waals surface area contributed by atoms with Crippen molar-refractivity contribution >= 4 is 28.3 Å². The highest BCUT2D eigenvalue weighted by Crippen LogP contribution is 2.35. The molecule has 1 aromatic rings. The highest BCUT2D eigenvalue weighted by Gasteiger charge is 2.35. The second-order valence-electron chi connectivity index (χ2n) is 4.52. The first-order valence-electron chi connectivity index (χ1n) is 5.92. The van der Waals surface area contributed by atoms with E-state index in [2.05, 4.69) is 28.2 Å². The van der Waals surface area contributed by atoms with E-state index in [0.29, 0.717) is 11.8 Å². The van der Waals surface area contributed by atoms with Crippen LogP contribution in [0.5, 0.6) is 5.75 Å². The Morgan fingerprint density at radius 1 is 1.47 bits per heavy atom. The first kappa shape index (κ1) is 14.8. The molecule has 0 aromatic heterocycles. The predicted molar refractivity (Wildman–Crippen MR) is 76.7 cm³/mol. The molecule has 0 saturated heterocycles. The maximum atomic E-state index is 9.81. The lowest BCUT2D eigenvalue weighted by Gasteiger charge is -2.07. The van der Waals surface area contributed by atoms with E-state index in [1.807, 2.05) is 18.2 Å². The van der Waals surface area contributed by atoms with Gasteiger partial charge in [0.15, 0.2) is 0 Å². The smallest absolute Gasteiger partial charge is 0.134 e. The van der Waals surface area contributed by atoms with E-state index in [0.717, 1.165) is 22.5 Å². The molecule has 1 fully saturated rings. The van der Waals surface area contributed by atoms with Crippen LogP contribution >= 0.6 is 28.3 Å². The zero-order chi connectivity index (χ0) is 11.5. The summed E-state index contributed by atoms with van der Waals surface area (Å²) in [7, 11) is 0. The zero-order valence-corrected chi connectivity index (χ0v) is 12.4. The van der Waals surface area contributed by atoms with E-state index in [9.17, 15) is 5.11 Å². The molecule has 0 spiro atoms. The van der Waals surface area contributed by atoms with Crippen LogP contribution in [0.3, 0.4) is 0 Å². The van der Waals surface area contributed by atoms with Crippen LogP contribution in [0.15, 0.2) is 22.7 Å². The van der Waals surface area contributed by atoms with E-state index in [1.165, 1.54) is 19.3 Å². The topological polar surface area (TPSA) is 32.3 Å². The lowest BCUT2D eigenvalue weighted by atomic mass is 10.2. The predicted octanol–water partition coefficient (Wildman–Crippen LogP) is 3.85. The molecule has 2 nitrogen and oxygen atoms in total. The van der Waals surface area contributed by atoms with Crippen LogP contribution in [0.2, 0.25) is 0 Å². The fourth-order valence-corrected chi connectivity index (χ4v) is 2.54. The molecule has 1 saturated carbocycles. The maximum Gasteiger partial charge on any atom is 0.134 e. The molecule has 2 N–H and O–H groups in total. The van der Waals surface area contributed by atoms with Gasteiger partial charge in [0.2, 0.25) is 0 Å². The highest BCUT2D eigenvalue weighted by molar-refractivity contribution is 9.10. The Morgan fingerprint density at radius 3 is 2.94 bits per heavy atom. The molecule has 0 aliphatic heterocycles. The van der Waals surface area contributed by atoms with Crippen molar-refractivity contribution in [3.05, 3.63) is 28.2 Å². The van der Waals surface area contributed by atoms with Crippen molar-refractivity contribution in [3.63, 3.8) is 0 Å². The minimum Gasteiger partial charge on any atom is -0.506 e. The van der Waals surface area contributed by atoms with Gasteiger partial charge in [-0.2, -0.15) is 0 Å². The third kappa shape index (κ3) is 3.87. The number of phenolic OH excluding ortho intramolecular Hbond substituents is 1. The number of hydrogen-bond donors (Lipinski definition) is 2. The summed E-state index contributed by atoms with van der Waals surface area (Å²) in [4.78, 5) is 0. The average Bonchev–Trinajstić information content (AvgIpc) is 3.00. The maximum absolute atomic E-state index is 9.81. The lowest BCUT2D eigenvalue weighted by molar-refractivity contribution is 0.460. The van der Waals surface area contributed by atoms with E-state index in [4.69, 9.17) is 0 Å². The molecule has 0 amide bonds. The molecule has 0 bridgehead atoms. The van der Waals surface area contributed by atoms with Gasteiger partial charge in [0.1, 0.15) is 5.75 Å². The van der Waals surface area contributed by atoms with E-state index in [-0.39, 0.29) is 12.4 Å². The summed E-state index contributed by atoms with van der Waals surface area (Å²) in [6.45, 7) is 2.99. The normalized spacial score (nSPS) is 22.0. The number of hydrogen-bond acceptors (Lipinski definition) is 2. The van der Waals surface area contributed by atoms with Gasteiger partial charge < -0.3 is 10.4 Å². The summed E-state index contributed by atoms with van der Waals surface area (Å²) < 4.78 is 0.771. The molecule has 2 rings (SSSR count). The van der Waals surface area contributed by atoms with Crippen molar-refractivity contribution < 1.29 is 5.11 Å². The Hall–Kier alpha value is -0.250. The van der Waals surface area contributed by atoms with Crippen LogP contribution in [0.4, 0.5) is 0 Å². The minimum atomic E-state index is 0. The summed E-state index contributed by atoms with van der Waals surface area (Å²) in [5, 5.41) is 13.3. The monoisotopic (exact) mass is 319 g/mol. The quantitative estimate of drug-likeness (QED) is 0.863. The standard InChI is InChI=1S/C13H18BrNO.ClH/c1-2-4-9-7-12(9)15-8-10-5-3-6-11(14)13(10)16;/h3,5-6,9,12,15-16H,2,4,7-8H2,1H3;1H. The van der Waals surface area contributed by atoms with Gasteiger partial charge in [-0.25, -0.2) is 0 Å². The number of para-hydroxylation sites is 1. The fraction of sp³-hybridized carbons (Fsp3) is 0.538. The Bertz CT molecular complexity index is 372. The Balaban J connectivity index is 0.00000144. The minimum absolute atomic E-state index is 0. The number of benzene rings is 1. The number of nitrogens with one attached hydrogen (secondary N) is 1. The van der Waals surface area contributed by atoms with E-state index >= 15 is 0 Å². The molecule has 17 heavy (non-hydrogen) atoms. The van der Waals surface area contributed by atoms with E-state index in [1.54, 1.807) is 0 Å². The molecule has 1 aliphatic rings. The van der Waals surface area contributed by atoms with Crippen molar-refractivity contribution in [2.75, 3.05) is 0 Å². The second kappa shape index (κ2) is 6.62. The van der Waals surface area contributed by atoms with Gasteiger partial charge in [-0.15, -0.1) is 12.4 Å². The van der Waals surface area contributed by atoms with Crippen molar-refractivity contribution in [2.45, 2.75) is 38.8 Å². The van der Waals surface area contributed by atoms with Crippen molar-refractivity contribution in [2.24, 2.45) is 5.92 Å². The van der Waals surface area contributed by atoms with Gasteiger partial charge in [-0.3, -0.25) is 0 Å². The molecular weight excluding hydrogens is 302 g/mol. The second-order valence-corrected chi connectivity index (χ2v) is 5.37. The summed E-state index contributed by atoms with van der Waals surface area (Å²) >= 11 is 3.33. The van der Waals surface area contributed by atoms with Crippen LogP contribution in [-0.2, 0) is 6.54 Å². The number of phenols is 1. The first-order valence-corrected chi connectivity index (χ1v) is 6.71. The van der Waals surface area contributed by atoms with Gasteiger partial charge in [0, 0.05) is 18.2 Å². The number of rotatable bonds is 5. The first-order chi connectivity index (χ1) is 7.72. The van der Waals surface area contributed by atoms with Crippen molar-refractivity contribution in [1.82, 2.24) is 5.32 Å². The molecule has 2 unspecified atom stereocenters. The van der Waals surface area contributed by atoms with Crippen LogP contribution in [-0.4, -0.2) is 11.1 Å². The molecule has 4 heteroatoms. The van der Waals surface area contributed by atoms with Gasteiger partial charge in [-0.05, 0) is 40.8 Å². The van der Waals surface area contributed by atoms with Crippen LogP contribution in [0.1, 0.15) is 31.7 Å². The zero-order valence-electron chi connectivity index (χ0n) is 9.95. The van der Waals surface area contributed by atoms with Gasteiger partial charge in [-0.1, -0.05) is 25.5 Å². The lowest BCUT2D eigenvalue weighted by Crippen LogP contribution is -2.17. The van der Waals surface area contributed by atoms with Crippen molar-refractivity contribution in [3.8, 4) is 5.75 Å². The summed E-state index contributed by atoms with van der Waals surface area (Å²) in [5.41, 5.74) is 0.969. The summed E-state index contributed by atoms with van der Waals surface area (Å²) in [5.74, 6) is 1.22. The van der Waals surface area contributed by atoms with E-state index < -0.39 is 0 Å². The largest absolute Gasteiger partial charge is 0.506 e. The van der Waals surface area contributed by atoms with Crippen LogP contribution < -0.4 is 5.32 Å². The Morgan fingerprint density at radius 2 is 2.24 bits per heavy atom. The Kier molecular flexibility index (Phi) is 5.77. The van der Waals surface area contributed by atoms with Crippen LogP contribution in [0.25, 0.3) is 0 Å². The molecule has 1 aromatic carbocycles. The summed E-state index contributed by atoms with van der Waals surface area (Å²) in [6, 6.07) is 6.44. The molecule has 0 radical (unpaired) electrons. The molecule has 0 heterocycles. The summed E-state index contributed by atoms with van der Waals surface area (Å²) in [6.07, 6.45) is 3.88. The number of aromatic hydroxyl groups is 1. The van der Waals surface area contributed by atoms with Crippen molar-refractivity contribution in [1.29, 1.82) is 0 Å².